The Balaban J connectivity index is 1.32. The number of carboxylic acid groups (broad SMARTS) is 1. The molecule has 7 nitrogen and oxygen atoms in total. The van der Waals surface area contributed by atoms with Crippen LogP contribution >= 0.6 is 0 Å². The van der Waals surface area contributed by atoms with Gasteiger partial charge in [-0.05, 0) is 86.9 Å². The number of aromatic nitrogens is 2. The van der Waals surface area contributed by atoms with Gasteiger partial charge in [0.05, 0.1) is 18.8 Å². The quantitative estimate of drug-likeness (QED) is 0.342. The van der Waals surface area contributed by atoms with Crippen molar-refractivity contribution in [2.75, 3.05) is 26.7 Å². The van der Waals surface area contributed by atoms with Gasteiger partial charge in [-0.3, -0.25) is 9.78 Å². The fraction of sp³-hybridized carbons (Fsp3) is 0.519. The van der Waals surface area contributed by atoms with Crippen molar-refractivity contribution in [3.8, 4) is 5.75 Å². The Labute approximate surface area is 205 Å². The van der Waals surface area contributed by atoms with E-state index in [1.807, 2.05) is 18.2 Å². The van der Waals surface area contributed by atoms with E-state index in [4.69, 9.17) is 9.15 Å². The number of hydrogen-bond donors (Lipinski definition) is 1. The van der Waals surface area contributed by atoms with E-state index in [-0.39, 0.29) is 18.3 Å². The van der Waals surface area contributed by atoms with Crippen LogP contribution in [0.3, 0.4) is 0 Å². The lowest BCUT2D eigenvalue weighted by atomic mass is 9.79. The van der Waals surface area contributed by atoms with Gasteiger partial charge in [0.15, 0.2) is 5.89 Å². The first-order valence-electron chi connectivity index (χ1n) is 12.4. The molecular formula is C27H34FN3O4. The molecule has 1 N–H and O–H groups in total. The van der Waals surface area contributed by atoms with Crippen LogP contribution in [0.2, 0.25) is 0 Å². The van der Waals surface area contributed by atoms with Crippen molar-refractivity contribution in [3.63, 3.8) is 0 Å². The second-order valence-corrected chi connectivity index (χ2v) is 9.42. The molecule has 1 saturated heterocycles. The van der Waals surface area contributed by atoms with Crippen LogP contribution in [0.15, 0.2) is 47.3 Å². The Morgan fingerprint density at radius 1 is 1.26 bits per heavy atom. The fourth-order valence-electron chi connectivity index (χ4n) is 5.25. The van der Waals surface area contributed by atoms with Crippen molar-refractivity contribution in [3.05, 3.63) is 54.4 Å². The molecule has 4 rings (SSSR count). The molecule has 1 aliphatic rings. The molecule has 0 spiro atoms. The highest BCUT2D eigenvalue weighted by molar-refractivity contribution is 5.83. The van der Waals surface area contributed by atoms with E-state index < -0.39 is 12.1 Å². The summed E-state index contributed by atoms with van der Waals surface area (Å²) < 4.78 is 26.0. The van der Waals surface area contributed by atoms with Gasteiger partial charge in [-0.15, -0.1) is 0 Å². The van der Waals surface area contributed by atoms with E-state index >= 15 is 4.39 Å². The third kappa shape index (κ3) is 6.78. The molecule has 0 bridgehead atoms. The molecule has 1 unspecified atom stereocenters. The minimum atomic E-state index is -1.13. The fourth-order valence-corrected chi connectivity index (χ4v) is 5.25. The lowest BCUT2D eigenvalue weighted by molar-refractivity contribution is -0.139. The molecule has 8 heteroatoms. The monoisotopic (exact) mass is 483 g/mol. The number of likely N-dealkylation sites (tertiary alicyclic amines) is 1. The highest BCUT2D eigenvalue weighted by atomic mass is 19.1. The van der Waals surface area contributed by atoms with E-state index in [0.717, 1.165) is 62.1 Å². The molecular weight excluding hydrogens is 449 g/mol. The maximum atomic E-state index is 15.4. The van der Waals surface area contributed by atoms with Gasteiger partial charge in [0.25, 0.3) is 0 Å². The molecule has 1 aliphatic heterocycles. The van der Waals surface area contributed by atoms with Gasteiger partial charge in [0.1, 0.15) is 18.2 Å². The third-order valence-corrected chi connectivity index (χ3v) is 7.12. The Morgan fingerprint density at radius 2 is 2.14 bits per heavy atom. The Kier molecular flexibility index (Phi) is 8.69. The highest BCUT2D eigenvalue weighted by Gasteiger charge is 2.31. The van der Waals surface area contributed by atoms with Gasteiger partial charge >= 0.3 is 5.97 Å². The molecule has 0 radical (unpaired) electrons. The Hall–Kier alpha value is -3.00. The van der Waals surface area contributed by atoms with Gasteiger partial charge in [0.2, 0.25) is 0 Å². The molecule has 1 fully saturated rings. The summed E-state index contributed by atoms with van der Waals surface area (Å²) >= 11 is 0. The number of nitrogens with zero attached hydrogens (tertiary/aromatic N) is 3. The average molecular weight is 484 g/mol. The number of fused-ring (bicyclic) bond motifs is 1. The zero-order valence-electron chi connectivity index (χ0n) is 20.2. The topological polar surface area (TPSA) is 88.7 Å². The molecule has 35 heavy (non-hydrogen) atoms. The number of oxazole rings is 1. The first kappa shape index (κ1) is 25.1. The standard InChI is InChI=1S/C27H34FN3O4/c1-34-21-6-8-25-23(17-21)22(9-11-29-25)24(28)7-5-19-10-14-31(18-20(19)16-27(32)33)13-3-2-4-26-30-12-15-35-26/h6,8-9,11-12,15,17,19-20,24H,2-5,7,10,13-14,16,18H2,1H3,(H,32,33)/t19-,20+,24?/m1/s1. The summed E-state index contributed by atoms with van der Waals surface area (Å²) in [6.45, 7) is 2.61. The summed E-state index contributed by atoms with van der Waals surface area (Å²) in [7, 11) is 1.59. The summed E-state index contributed by atoms with van der Waals surface area (Å²) in [4.78, 5) is 22.4. The van der Waals surface area contributed by atoms with Crippen LogP contribution in [-0.2, 0) is 11.2 Å². The summed E-state index contributed by atoms with van der Waals surface area (Å²) in [6.07, 6.45) is 8.64. The number of rotatable bonds is 12. The SMILES string of the molecule is COc1ccc2nccc(C(F)CC[C@@H]3CCN(CCCCc4ncco4)C[C@@H]3CC(=O)O)c2c1. The second kappa shape index (κ2) is 12.1. The average Bonchev–Trinajstić information content (AvgIpc) is 3.38. The van der Waals surface area contributed by atoms with Crippen molar-refractivity contribution in [2.24, 2.45) is 11.8 Å². The maximum Gasteiger partial charge on any atom is 0.303 e. The molecule has 0 saturated carbocycles. The number of halogens is 1. The smallest absolute Gasteiger partial charge is 0.303 e. The minimum Gasteiger partial charge on any atom is -0.497 e. The van der Waals surface area contributed by atoms with Crippen LogP contribution in [0, 0.1) is 11.8 Å². The third-order valence-electron chi connectivity index (χ3n) is 7.12. The molecule has 3 atom stereocenters. The van der Waals surface area contributed by atoms with Gasteiger partial charge in [-0.25, -0.2) is 9.37 Å². The predicted molar refractivity (Wildman–Crippen MR) is 131 cm³/mol. The molecule has 0 aliphatic carbocycles. The van der Waals surface area contributed by atoms with Crippen LogP contribution in [0.1, 0.15) is 56.2 Å². The zero-order chi connectivity index (χ0) is 24.6. The van der Waals surface area contributed by atoms with E-state index in [1.165, 1.54) is 0 Å². The molecule has 2 aromatic heterocycles. The van der Waals surface area contributed by atoms with E-state index in [2.05, 4.69) is 14.9 Å². The number of alkyl halides is 1. The van der Waals surface area contributed by atoms with Crippen LogP contribution in [0.5, 0.6) is 5.75 Å². The molecule has 188 valence electrons. The summed E-state index contributed by atoms with van der Waals surface area (Å²) in [5.74, 6) is 0.890. The number of piperidine rings is 1. The number of unbranched alkanes of at least 4 members (excludes halogenated alkanes) is 1. The first-order valence-corrected chi connectivity index (χ1v) is 12.4. The summed E-state index contributed by atoms with van der Waals surface area (Å²) in [6, 6.07) is 7.23. The minimum absolute atomic E-state index is 0.0365. The number of benzene rings is 1. The number of pyridine rings is 1. The number of methoxy groups -OCH3 is 1. The van der Waals surface area contributed by atoms with Crippen LogP contribution in [-0.4, -0.2) is 52.7 Å². The van der Waals surface area contributed by atoms with Crippen molar-refractivity contribution in [1.29, 1.82) is 0 Å². The number of aryl methyl sites for hydroxylation is 1. The molecule has 1 aromatic carbocycles. The summed E-state index contributed by atoms with van der Waals surface area (Å²) in [5, 5.41) is 10.2. The van der Waals surface area contributed by atoms with Crippen LogP contribution in [0.4, 0.5) is 4.39 Å². The van der Waals surface area contributed by atoms with Crippen LogP contribution < -0.4 is 4.74 Å². The maximum absolute atomic E-state index is 15.4. The van der Waals surface area contributed by atoms with Crippen molar-refractivity contribution < 1.29 is 23.4 Å². The number of carbonyl (C=O) groups is 1. The normalized spacial score (nSPS) is 19.6. The van der Waals surface area contributed by atoms with E-state index in [0.29, 0.717) is 24.2 Å². The van der Waals surface area contributed by atoms with E-state index in [1.54, 1.807) is 31.8 Å². The molecule has 3 heterocycles. The van der Waals surface area contributed by atoms with Crippen molar-refractivity contribution in [1.82, 2.24) is 14.9 Å². The summed E-state index contributed by atoms with van der Waals surface area (Å²) in [5.41, 5.74) is 1.36. The number of carboxylic acids is 1. The number of aliphatic carboxylic acids is 1. The second-order valence-electron chi connectivity index (χ2n) is 9.42. The van der Waals surface area contributed by atoms with Gasteiger partial charge < -0.3 is 19.2 Å². The Morgan fingerprint density at radius 3 is 2.91 bits per heavy atom. The lowest BCUT2D eigenvalue weighted by Gasteiger charge is -2.38. The van der Waals surface area contributed by atoms with Gasteiger partial charge in [-0.1, -0.05) is 0 Å². The molecule has 0 amide bonds. The predicted octanol–water partition coefficient (Wildman–Crippen LogP) is 5.46. The largest absolute Gasteiger partial charge is 0.497 e. The Bertz CT molecular complexity index is 1090. The van der Waals surface area contributed by atoms with E-state index in [9.17, 15) is 9.90 Å². The first-order chi connectivity index (χ1) is 17.0. The number of ether oxygens (including phenoxy) is 1. The lowest BCUT2D eigenvalue weighted by Crippen LogP contribution is -2.41. The van der Waals surface area contributed by atoms with Gasteiger partial charge in [0, 0.05) is 31.0 Å². The number of hydrogen-bond acceptors (Lipinski definition) is 6. The highest BCUT2D eigenvalue weighted by Crippen LogP contribution is 2.36. The molecule has 3 aromatic rings. The zero-order valence-corrected chi connectivity index (χ0v) is 20.2. The van der Waals surface area contributed by atoms with Crippen molar-refractivity contribution >= 4 is 16.9 Å². The van der Waals surface area contributed by atoms with Gasteiger partial charge in [-0.2, -0.15) is 0 Å². The van der Waals surface area contributed by atoms with Crippen LogP contribution in [0.25, 0.3) is 10.9 Å². The van der Waals surface area contributed by atoms with Crippen molar-refractivity contribution in [2.45, 2.75) is 51.1 Å².